The molecule has 1 heterocycles. The number of rotatable bonds is 6. The van der Waals surface area contributed by atoms with Crippen molar-refractivity contribution in [3.8, 4) is 0 Å². The minimum atomic E-state index is 0.731. The molecule has 1 aromatic carbocycles. The van der Waals surface area contributed by atoms with Gasteiger partial charge in [0.15, 0.2) is 0 Å². The van der Waals surface area contributed by atoms with Crippen molar-refractivity contribution in [1.29, 1.82) is 0 Å². The van der Waals surface area contributed by atoms with Gasteiger partial charge < -0.3 is 5.32 Å². The fourth-order valence-corrected chi connectivity index (χ4v) is 3.26. The molecule has 0 aliphatic heterocycles. The molecule has 0 spiro atoms. The highest BCUT2D eigenvalue weighted by Crippen LogP contribution is 2.29. The first-order valence-electron chi connectivity index (χ1n) is 7.19. The molecule has 0 aliphatic rings. The van der Waals surface area contributed by atoms with E-state index in [0.717, 1.165) is 35.3 Å². The van der Waals surface area contributed by atoms with E-state index in [-0.39, 0.29) is 0 Å². The summed E-state index contributed by atoms with van der Waals surface area (Å²) in [7, 11) is 0. The maximum atomic E-state index is 6.26. The van der Waals surface area contributed by atoms with Crippen LogP contribution < -0.4 is 5.32 Å². The molecule has 2 aromatic rings. The Bertz CT molecular complexity index is 614. The van der Waals surface area contributed by atoms with Crippen LogP contribution >= 0.6 is 23.4 Å². The second-order valence-corrected chi connectivity index (χ2v) is 6.53. The Morgan fingerprint density at radius 3 is 2.71 bits per heavy atom. The van der Waals surface area contributed by atoms with Gasteiger partial charge in [-0.25, -0.2) is 4.98 Å². The van der Waals surface area contributed by atoms with Crippen LogP contribution in [0.5, 0.6) is 0 Å². The third-order valence-electron chi connectivity index (χ3n) is 3.17. The third-order valence-corrected chi connectivity index (χ3v) is 4.70. The van der Waals surface area contributed by atoms with Crippen molar-refractivity contribution in [2.24, 2.45) is 0 Å². The van der Waals surface area contributed by atoms with Gasteiger partial charge in [0.25, 0.3) is 0 Å². The molecule has 0 atom stereocenters. The zero-order valence-electron chi connectivity index (χ0n) is 12.7. The van der Waals surface area contributed by atoms with E-state index in [2.05, 4.69) is 49.3 Å². The molecule has 4 heteroatoms. The highest BCUT2D eigenvalue weighted by Gasteiger charge is 2.06. The van der Waals surface area contributed by atoms with E-state index in [0.29, 0.717) is 0 Å². The molecule has 1 N–H and O–H groups in total. The van der Waals surface area contributed by atoms with E-state index in [1.807, 2.05) is 12.1 Å². The van der Waals surface area contributed by atoms with Crippen LogP contribution in [-0.2, 0) is 5.75 Å². The smallest absolute Gasteiger partial charge is 0.126 e. The molecule has 0 unspecified atom stereocenters. The predicted octanol–water partition coefficient (Wildman–Crippen LogP) is 5.47. The number of benzene rings is 1. The molecule has 21 heavy (non-hydrogen) atoms. The Morgan fingerprint density at radius 1 is 1.19 bits per heavy atom. The number of hydrogen-bond donors (Lipinski definition) is 1. The van der Waals surface area contributed by atoms with Crippen molar-refractivity contribution in [3.63, 3.8) is 0 Å². The SMILES string of the molecule is CCCNc1ccc(Cl)c(CSc2ccc(C)cc2C)n1. The number of nitrogens with zero attached hydrogens (tertiary/aromatic N) is 1. The lowest BCUT2D eigenvalue weighted by Crippen LogP contribution is -2.03. The highest BCUT2D eigenvalue weighted by atomic mass is 35.5. The van der Waals surface area contributed by atoms with E-state index in [1.165, 1.54) is 16.0 Å². The standard InChI is InChI=1S/C17H21ClN2S/c1-4-9-19-17-8-6-14(18)15(20-17)11-21-16-7-5-12(2)10-13(16)3/h5-8,10H,4,9,11H2,1-3H3,(H,19,20). The average molecular weight is 321 g/mol. The first kappa shape index (κ1) is 16.2. The second kappa shape index (κ2) is 7.71. The fraction of sp³-hybridized carbons (Fsp3) is 0.353. The van der Waals surface area contributed by atoms with Crippen LogP contribution in [0.1, 0.15) is 30.2 Å². The topological polar surface area (TPSA) is 24.9 Å². The molecule has 0 saturated carbocycles. The maximum Gasteiger partial charge on any atom is 0.126 e. The van der Waals surface area contributed by atoms with Crippen LogP contribution in [0.2, 0.25) is 5.02 Å². The monoisotopic (exact) mass is 320 g/mol. The first-order valence-corrected chi connectivity index (χ1v) is 8.56. The molecule has 0 saturated heterocycles. The van der Waals surface area contributed by atoms with Crippen LogP contribution in [-0.4, -0.2) is 11.5 Å². The van der Waals surface area contributed by atoms with Crippen molar-refractivity contribution in [2.75, 3.05) is 11.9 Å². The van der Waals surface area contributed by atoms with Crippen molar-refractivity contribution in [3.05, 3.63) is 52.2 Å². The van der Waals surface area contributed by atoms with Gasteiger partial charge in [0, 0.05) is 17.2 Å². The summed E-state index contributed by atoms with van der Waals surface area (Å²) >= 11 is 8.04. The molecule has 0 fully saturated rings. The molecule has 112 valence electrons. The molecule has 2 rings (SSSR count). The minimum absolute atomic E-state index is 0.731. The van der Waals surface area contributed by atoms with Crippen molar-refractivity contribution in [2.45, 2.75) is 37.8 Å². The summed E-state index contributed by atoms with van der Waals surface area (Å²) in [5.41, 5.74) is 3.53. The van der Waals surface area contributed by atoms with Gasteiger partial charge in [0.05, 0.1) is 10.7 Å². The Balaban J connectivity index is 2.08. The summed E-state index contributed by atoms with van der Waals surface area (Å²) in [6.45, 7) is 7.32. The van der Waals surface area contributed by atoms with E-state index in [9.17, 15) is 0 Å². The number of thioether (sulfide) groups is 1. The third kappa shape index (κ3) is 4.65. The van der Waals surface area contributed by atoms with E-state index in [4.69, 9.17) is 11.6 Å². The first-order chi connectivity index (χ1) is 10.1. The van der Waals surface area contributed by atoms with Gasteiger partial charge >= 0.3 is 0 Å². The number of pyridine rings is 1. The maximum absolute atomic E-state index is 6.26. The molecule has 0 radical (unpaired) electrons. The quantitative estimate of drug-likeness (QED) is 0.715. The Morgan fingerprint density at radius 2 is 2.00 bits per heavy atom. The van der Waals surface area contributed by atoms with Gasteiger partial charge in [0.2, 0.25) is 0 Å². The number of anilines is 1. The average Bonchev–Trinajstić information content (AvgIpc) is 2.46. The number of aromatic nitrogens is 1. The van der Waals surface area contributed by atoms with Gasteiger partial charge in [-0.1, -0.05) is 36.2 Å². The van der Waals surface area contributed by atoms with Gasteiger partial charge in [-0.15, -0.1) is 11.8 Å². The number of hydrogen-bond acceptors (Lipinski definition) is 3. The van der Waals surface area contributed by atoms with Crippen molar-refractivity contribution in [1.82, 2.24) is 4.98 Å². The molecule has 0 amide bonds. The summed E-state index contributed by atoms with van der Waals surface area (Å²) < 4.78 is 0. The van der Waals surface area contributed by atoms with Crippen LogP contribution in [0, 0.1) is 13.8 Å². The lowest BCUT2D eigenvalue weighted by atomic mass is 10.2. The van der Waals surface area contributed by atoms with Crippen LogP contribution in [0.25, 0.3) is 0 Å². The Labute approximate surface area is 136 Å². The van der Waals surface area contributed by atoms with Crippen molar-refractivity contribution < 1.29 is 0 Å². The summed E-state index contributed by atoms with van der Waals surface area (Å²) in [4.78, 5) is 5.89. The van der Waals surface area contributed by atoms with Gasteiger partial charge in [-0.2, -0.15) is 0 Å². The molecular weight excluding hydrogens is 300 g/mol. The highest BCUT2D eigenvalue weighted by molar-refractivity contribution is 7.98. The number of halogens is 1. The second-order valence-electron chi connectivity index (χ2n) is 5.11. The predicted molar refractivity (Wildman–Crippen MR) is 93.5 cm³/mol. The fourth-order valence-electron chi connectivity index (χ4n) is 2.04. The lowest BCUT2D eigenvalue weighted by Gasteiger charge is -2.10. The largest absolute Gasteiger partial charge is 0.370 e. The van der Waals surface area contributed by atoms with Gasteiger partial charge in [-0.3, -0.25) is 0 Å². The summed E-state index contributed by atoms with van der Waals surface area (Å²) in [5, 5.41) is 4.03. The van der Waals surface area contributed by atoms with E-state index < -0.39 is 0 Å². The van der Waals surface area contributed by atoms with Gasteiger partial charge in [0.1, 0.15) is 5.82 Å². The van der Waals surface area contributed by atoms with Crippen LogP contribution in [0.3, 0.4) is 0 Å². The summed E-state index contributed by atoms with van der Waals surface area (Å²) in [6.07, 6.45) is 1.08. The molecule has 1 aromatic heterocycles. The zero-order chi connectivity index (χ0) is 15.2. The Kier molecular flexibility index (Phi) is 5.95. The molecule has 0 aliphatic carbocycles. The van der Waals surface area contributed by atoms with Crippen LogP contribution in [0.15, 0.2) is 35.2 Å². The molecule has 2 nitrogen and oxygen atoms in total. The van der Waals surface area contributed by atoms with Crippen molar-refractivity contribution >= 4 is 29.2 Å². The van der Waals surface area contributed by atoms with Gasteiger partial charge in [-0.05, 0) is 44.0 Å². The summed E-state index contributed by atoms with van der Waals surface area (Å²) in [5.74, 6) is 1.68. The zero-order valence-corrected chi connectivity index (χ0v) is 14.3. The lowest BCUT2D eigenvalue weighted by molar-refractivity contribution is 0.965. The molecular formula is C17H21ClN2S. The Hall–Kier alpha value is -1.19. The normalized spacial score (nSPS) is 10.7. The number of aryl methyl sites for hydroxylation is 2. The van der Waals surface area contributed by atoms with E-state index >= 15 is 0 Å². The minimum Gasteiger partial charge on any atom is -0.370 e. The van der Waals surface area contributed by atoms with Crippen LogP contribution in [0.4, 0.5) is 5.82 Å². The number of nitrogens with one attached hydrogen (secondary N) is 1. The summed E-state index contributed by atoms with van der Waals surface area (Å²) in [6, 6.07) is 10.4. The molecule has 0 bridgehead atoms. The van der Waals surface area contributed by atoms with E-state index in [1.54, 1.807) is 11.8 Å².